The van der Waals surface area contributed by atoms with Crippen molar-refractivity contribution in [2.75, 3.05) is 11.6 Å². The van der Waals surface area contributed by atoms with Crippen LogP contribution in [0.4, 0.5) is 10.5 Å². The molecular formula is C25H29ClN4O5S. The lowest BCUT2D eigenvalue weighted by atomic mass is 9.85. The third-order valence-electron chi connectivity index (χ3n) is 6.92. The number of carbonyl (C=O) groups is 3. The smallest absolute Gasteiger partial charge is 0.328 e. The van der Waals surface area contributed by atoms with E-state index in [1.54, 1.807) is 30.0 Å². The molecule has 3 N–H and O–H groups in total. The summed E-state index contributed by atoms with van der Waals surface area (Å²) >= 11 is 6.09. The van der Waals surface area contributed by atoms with Crippen molar-refractivity contribution in [3.05, 3.63) is 58.6 Å². The SMILES string of the molecule is CCC(C=O)(c1cccc(S(=O)(=O)NC(=O)NC2CCCCC2)c1)N1CNC(=O)c2cc(Cl)ccc21. The Labute approximate surface area is 215 Å². The molecule has 1 fully saturated rings. The molecule has 192 valence electrons. The number of sulfonamides is 1. The quantitative estimate of drug-likeness (QED) is 0.467. The molecule has 4 rings (SSSR count). The maximum atomic E-state index is 13.0. The number of halogens is 1. The highest BCUT2D eigenvalue weighted by atomic mass is 35.5. The lowest BCUT2D eigenvalue weighted by Crippen LogP contribution is -2.55. The van der Waals surface area contributed by atoms with Gasteiger partial charge in [0.1, 0.15) is 11.8 Å². The number of carbonyl (C=O) groups excluding carboxylic acids is 3. The van der Waals surface area contributed by atoms with Gasteiger partial charge in [0.05, 0.1) is 22.8 Å². The maximum Gasteiger partial charge on any atom is 0.328 e. The number of aldehydes is 1. The number of rotatable bonds is 7. The van der Waals surface area contributed by atoms with Gasteiger partial charge in [-0.2, -0.15) is 0 Å². The second-order valence-corrected chi connectivity index (χ2v) is 11.2. The molecule has 1 unspecified atom stereocenters. The minimum Gasteiger partial charge on any atom is -0.337 e. The molecule has 0 bridgehead atoms. The van der Waals surface area contributed by atoms with Gasteiger partial charge in [0.25, 0.3) is 15.9 Å². The van der Waals surface area contributed by atoms with Gasteiger partial charge in [-0.05, 0) is 55.2 Å². The normalized spacial score (nSPS) is 17.9. The molecule has 0 saturated heterocycles. The minimum atomic E-state index is -4.20. The van der Waals surface area contributed by atoms with Crippen molar-refractivity contribution in [2.24, 2.45) is 0 Å². The highest BCUT2D eigenvalue weighted by Gasteiger charge is 2.41. The van der Waals surface area contributed by atoms with E-state index in [1.165, 1.54) is 24.3 Å². The summed E-state index contributed by atoms with van der Waals surface area (Å²) in [5, 5.41) is 5.87. The fourth-order valence-corrected chi connectivity index (χ4v) is 6.09. The zero-order chi connectivity index (χ0) is 25.9. The van der Waals surface area contributed by atoms with Crippen LogP contribution in [0.1, 0.15) is 61.4 Å². The van der Waals surface area contributed by atoms with Crippen LogP contribution in [0.2, 0.25) is 5.02 Å². The molecule has 2 aliphatic rings. The van der Waals surface area contributed by atoms with Crippen molar-refractivity contribution in [1.82, 2.24) is 15.4 Å². The van der Waals surface area contributed by atoms with E-state index in [0.29, 0.717) is 21.8 Å². The van der Waals surface area contributed by atoms with Crippen molar-refractivity contribution in [3.8, 4) is 0 Å². The Hall–Kier alpha value is -3.11. The Bertz CT molecular complexity index is 1280. The third-order valence-corrected chi connectivity index (χ3v) is 8.48. The molecule has 9 nitrogen and oxygen atoms in total. The number of amides is 3. The van der Waals surface area contributed by atoms with Gasteiger partial charge in [0.15, 0.2) is 0 Å². The van der Waals surface area contributed by atoms with E-state index in [-0.39, 0.29) is 29.9 Å². The number of nitrogens with zero attached hydrogens (tertiary/aromatic N) is 1. The van der Waals surface area contributed by atoms with Crippen molar-refractivity contribution >= 4 is 45.5 Å². The molecule has 1 saturated carbocycles. The summed E-state index contributed by atoms with van der Waals surface area (Å²) in [6.45, 7) is 1.84. The van der Waals surface area contributed by atoms with Crippen LogP contribution in [-0.4, -0.2) is 39.4 Å². The molecule has 2 aromatic carbocycles. The largest absolute Gasteiger partial charge is 0.337 e. The summed E-state index contributed by atoms with van der Waals surface area (Å²) in [6, 6.07) is 9.96. The Balaban J connectivity index is 1.65. The molecule has 0 radical (unpaired) electrons. The van der Waals surface area contributed by atoms with Crippen LogP contribution in [0.5, 0.6) is 0 Å². The molecule has 1 aliphatic carbocycles. The second-order valence-electron chi connectivity index (χ2n) is 9.09. The predicted molar refractivity (Wildman–Crippen MR) is 136 cm³/mol. The van der Waals surface area contributed by atoms with Gasteiger partial charge < -0.3 is 20.3 Å². The third kappa shape index (κ3) is 5.05. The summed E-state index contributed by atoms with van der Waals surface area (Å²) in [4.78, 5) is 39.1. The van der Waals surface area contributed by atoms with E-state index in [9.17, 15) is 22.8 Å². The van der Waals surface area contributed by atoms with E-state index >= 15 is 0 Å². The predicted octanol–water partition coefficient (Wildman–Crippen LogP) is 3.67. The summed E-state index contributed by atoms with van der Waals surface area (Å²) < 4.78 is 28.2. The average molecular weight is 533 g/mol. The molecule has 3 amide bonds. The highest BCUT2D eigenvalue weighted by Crippen LogP contribution is 2.39. The number of hydrogen-bond acceptors (Lipinski definition) is 6. The van der Waals surface area contributed by atoms with E-state index in [0.717, 1.165) is 38.4 Å². The van der Waals surface area contributed by atoms with Crippen molar-refractivity contribution in [2.45, 2.75) is 61.9 Å². The van der Waals surface area contributed by atoms with Gasteiger partial charge in [-0.1, -0.05) is 49.9 Å². The minimum absolute atomic E-state index is 0.0407. The van der Waals surface area contributed by atoms with Crippen LogP contribution in [0, 0.1) is 0 Å². The maximum absolute atomic E-state index is 13.0. The number of nitrogens with one attached hydrogen (secondary N) is 3. The van der Waals surface area contributed by atoms with Crippen LogP contribution >= 0.6 is 11.6 Å². The van der Waals surface area contributed by atoms with E-state index < -0.39 is 21.6 Å². The van der Waals surface area contributed by atoms with Gasteiger partial charge in [-0.15, -0.1) is 0 Å². The zero-order valence-corrected chi connectivity index (χ0v) is 21.5. The molecule has 1 aliphatic heterocycles. The van der Waals surface area contributed by atoms with Crippen LogP contribution in [0.25, 0.3) is 0 Å². The number of fused-ring (bicyclic) bond motifs is 1. The van der Waals surface area contributed by atoms with Crippen molar-refractivity contribution < 1.29 is 22.8 Å². The standard InChI is InChI=1S/C25H29ClN4O5S/c1-2-25(15-31,30-16-27-23(32)21-14-18(26)11-12-22(21)30)17-7-6-10-20(13-17)36(34,35)29-24(33)28-19-8-4-3-5-9-19/h6-7,10-15,19H,2-5,8-9,16H2,1H3,(H,27,32)(H2,28,29,33). The first-order valence-corrected chi connectivity index (χ1v) is 13.8. The molecule has 2 aromatic rings. The Kier molecular flexibility index (Phi) is 7.56. The Morgan fingerprint density at radius 1 is 1.19 bits per heavy atom. The molecular weight excluding hydrogens is 504 g/mol. The summed E-state index contributed by atoms with van der Waals surface area (Å²) in [5.41, 5.74) is -0.0483. The lowest BCUT2D eigenvalue weighted by Gasteiger charge is -2.44. The Morgan fingerprint density at radius 3 is 2.64 bits per heavy atom. The molecule has 11 heteroatoms. The first kappa shape index (κ1) is 26.0. The van der Waals surface area contributed by atoms with Gasteiger partial charge in [-0.3, -0.25) is 4.79 Å². The first-order valence-electron chi connectivity index (χ1n) is 12.0. The number of urea groups is 1. The summed E-state index contributed by atoms with van der Waals surface area (Å²) in [6.07, 6.45) is 5.78. The lowest BCUT2D eigenvalue weighted by molar-refractivity contribution is -0.112. The molecule has 1 atom stereocenters. The number of hydrogen-bond donors (Lipinski definition) is 3. The summed E-state index contributed by atoms with van der Waals surface area (Å²) in [7, 11) is -4.20. The molecule has 36 heavy (non-hydrogen) atoms. The second kappa shape index (κ2) is 10.5. The van der Waals surface area contributed by atoms with Crippen LogP contribution < -0.4 is 20.3 Å². The van der Waals surface area contributed by atoms with Gasteiger partial charge in [0, 0.05) is 11.1 Å². The number of anilines is 1. The van der Waals surface area contributed by atoms with Crippen molar-refractivity contribution in [1.29, 1.82) is 0 Å². The summed E-state index contributed by atoms with van der Waals surface area (Å²) in [5.74, 6) is -0.316. The van der Waals surface area contributed by atoms with E-state index in [2.05, 4.69) is 15.4 Å². The van der Waals surface area contributed by atoms with Crippen LogP contribution in [0.3, 0.4) is 0 Å². The fraction of sp³-hybridized carbons (Fsp3) is 0.400. The monoisotopic (exact) mass is 532 g/mol. The van der Waals surface area contributed by atoms with E-state index in [1.807, 2.05) is 0 Å². The average Bonchev–Trinajstić information content (AvgIpc) is 2.87. The molecule has 0 aromatic heterocycles. The van der Waals surface area contributed by atoms with Gasteiger partial charge in [0.2, 0.25) is 0 Å². The highest BCUT2D eigenvalue weighted by molar-refractivity contribution is 7.90. The molecule has 0 spiro atoms. The Morgan fingerprint density at radius 2 is 1.94 bits per heavy atom. The van der Waals surface area contributed by atoms with Crippen LogP contribution in [0.15, 0.2) is 47.4 Å². The van der Waals surface area contributed by atoms with Gasteiger partial charge >= 0.3 is 6.03 Å². The fourth-order valence-electron chi connectivity index (χ4n) is 4.95. The number of benzene rings is 2. The topological polar surface area (TPSA) is 125 Å². The first-order chi connectivity index (χ1) is 17.2. The van der Waals surface area contributed by atoms with Gasteiger partial charge in [-0.25, -0.2) is 17.9 Å². The zero-order valence-electron chi connectivity index (χ0n) is 19.9. The van der Waals surface area contributed by atoms with Crippen LogP contribution in [-0.2, 0) is 20.4 Å². The molecule has 1 heterocycles. The van der Waals surface area contributed by atoms with E-state index in [4.69, 9.17) is 11.6 Å². The van der Waals surface area contributed by atoms with Crippen molar-refractivity contribution in [3.63, 3.8) is 0 Å².